The van der Waals surface area contributed by atoms with Gasteiger partial charge in [-0.25, -0.2) is 0 Å². The number of nitrogens with one attached hydrogen (secondary N) is 1. The molecule has 4 heteroatoms. The molecule has 0 saturated carbocycles. The molecule has 1 N–H and O–H groups in total. The van der Waals surface area contributed by atoms with E-state index in [0.29, 0.717) is 22.9 Å². The number of alkyl halides is 1. The number of carbonyl (C=O) groups excluding carboxylic acids is 1. The maximum atomic E-state index is 12.1. The molecule has 0 aliphatic carbocycles. The second kappa shape index (κ2) is 8.30. The van der Waals surface area contributed by atoms with E-state index in [1.54, 1.807) is 12.1 Å². The van der Waals surface area contributed by atoms with Gasteiger partial charge in [0, 0.05) is 16.9 Å². The Kier molecular flexibility index (Phi) is 7.06. The molecule has 0 heterocycles. The van der Waals surface area contributed by atoms with Gasteiger partial charge >= 0.3 is 0 Å². The van der Waals surface area contributed by atoms with Crippen molar-refractivity contribution in [2.75, 3.05) is 6.54 Å². The largest absolute Gasteiger partial charge is 0.491 e. The first kappa shape index (κ1) is 17.0. The Hall–Kier alpha value is -1.03. The summed E-state index contributed by atoms with van der Waals surface area (Å²) in [5.41, 5.74) is 0.632. The minimum absolute atomic E-state index is 0.0626. The van der Waals surface area contributed by atoms with E-state index < -0.39 is 0 Å². The lowest BCUT2D eigenvalue weighted by atomic mass is 10.1. The normalized spacial score (nSPS) is 12.6. The zero-order chi connectivity index (χ0) is 15.1. The molecule has 0 radical (unpaired) electrons. The van der Waals surface area contributed by atoms with Crippen LogP contribution < -0.4 is 10.1 Å². The molecule has 0 fully saturated rings. The average molecular weight is 342 g/mol. The number of benzene rings is 1. The highest BCUT2D eigenvalue weighted by molar-refractivity contribution is 9.09. The summed E-state index contributed by atoms with van der Waals surface area (Å²) in [7, 11) is 0. The summed E-state index contributed by atoms with van der Waals surface area (Å²) in [6.07, 6.45) is 1.14. The molecule has 1 rings (SSSR count). The number of halogens is 1. The van der Waals surface area contributed by atoms with Gasteiger partial charge in [-0.15, -0.1) is 0 Å². The van der Waals surface area contributed by atoms with Crippen LogP contribution in [0.3, 0.4) is 0 Å². The van der Waals surface area contributed by atoms with Crippen LogP contribution in [0.2, 0.25) is 0 Å². The minimum Gasteiger partial charge on any atom is -0.491 e. The summed E-state index contributed by atoms with van der Waals surface area (Å²) in [6, 6.07) is 7.28. The van der Waals surface area contributed by atoms with Crippen LogP contribution in [0.4, 0.5) is 0 Å². The molecule has 112 valence electrons. The van der Waals surface area contributed by atoms with Gasteiger partial charge in [-0.05, 0) is 44.4 Å². The third-order valence-corrected chi connectivity index (χ3v) is 3.38. The molecule has 0 bridgehead atoms. The van der Waals surface area contributed by atoms with E-state index in [9.17, 15) is 4.79 Å². The lowest BCUT2D eigenvalue weighted by Crippen LogP contribution is -2.30. The van der Waals surface area contributed by atoms with Crippen molar-refractivity contribution in [1.82, 2.24) is 5.32 Å². The lowest BCUT2D eigenvalue weighted by Gasteiger charge is -2.14. The molecule has 0 aromatic heterocycles. The highest BCUT2D eigenvalue weighted by atomic mass is 79.9. The molecule has 0 aliphatic heterocycles. The first-order chi connectivity index (χ1) is 9.38. The van der Waals surface area contributed by atoms with E-state index in [2.05, 4.69) is 35.1 Å². The fraction of sp³-hybridized carbons (Fsp3) is 0.562. The van der Waals surface area contributed by atoms with E-state index in [1.165, 1.54) is 0 Å². The van der Waals surface area contributed by atoms with Gasteiger partial charge in [-0.1, -0.05) is 35.8 Å². The van der Waals surface area contributed by atoms with Gasteiger partial charge in [0.25, 0.3) is 5.91 Å². The van der Waals surface area contributed by atoms with E-state index in [4.69, 9.17) is 4.74 Å². The van der Waals surface area contributed by atoms with Crippen molar-refractivity contribution in [3.8, 4) is 5.75 Å². The zero-order valence-electron chi connectivity index (χ0n) is 12.7. The predicted molar refractivity (Wildman–Crippen MR) is 86.7 cm³/mol. The molecule has 1 amide bonds. The van der Waals surface area contributed by atoms with Crippen LogP contribution in [0.1, 0.15) is 44.5 Å². The van der Waals surface area contributed by atoms with Crippen molar-refractivity contribution < 1.29 is 9.53 Å². The van der Waals surface area contributed by atoms with E-state index in [1.807, 2.05) is 26.0 Å². The summed E-state index contributed by atoms with van der Waals surface area (Å²) >= 11 is 3.59. The Morgan fingerprint density at radius 2 is 2.00 bits per heavy atom. The molecule has 3 nitrogen and oxygen atoms in total. The van der Waals surface area contributed by atoms with Crippen molar-refractivity contribution in [3.05, 3.63) is 29.8 Å². The van der Waals surface area contributed by atoms with E-state index in [-0.39, 0.29) is 12.0 Å². The molecule has 1 unspecified atom stereocenters. The number of hydrogen-bond donors (Lipinski definition) is 1. The van der Waals surface area contributed by atoms with Crippen LogP contribution in [0.5, 0.6) is 5.75 Å². The third-order valence-electron chi connectivity index (χ3n) is 2.68. The second-order valence-corrected chi connectivity index (χ2v) is 6.93. The lowest BCUT2D eigenvalue weighted by molar-refractivity contribution is 0.0952. The highest BCUT2D eigenvalue weighted by Crippen LogP contribution is 2.15. The molecule has 0 spiro atoms. The Morgan fingerprint density at radius 1 is 1.30 bits per heavy atom. The molecule has 0 aliphatic rings. The van der Waals surface area contributed by atoms with E-state index >= 15 is 0 Å². The highest BCUT2D eigenvalue weighted by Gasteiger charge is 2.11. The van der Waals surface area contributed by atoms with Gasteiger partial charge in [0.1, 0.15) is 5.75 Å². The molecule has 1 aromatic carbocycles. The van der Waals surface area contributed by atoms with Crippen LogP contribution >= 0.6 is 15.9 Å². The molecule has 1 atom stereocenters. The monoisotopic (exact) mass is 341 g/mol. The summed E-state index contributed by atoms with van der Waals surface area (Å²) < 4.78 is 5.59. The van der Waals surface area contributed by atoms with Gasteiger partial charge in [0.15, 0.2) is 0 Å². The number of amides is 1. The van der Waals surface area contributed by atoms with Gasteiger partial charge in [-0.2, -0.15) is 0 Å². The Bertz CT molecular complexity index is 432. The molecule has 1 aromatic rings. The first-order valence-corrected chi connectivity index (χ1v) is 7.99. The fourth-order valence-corrected chi connectivity index (χ4v) is 2.79. The maximum absolute atomic E-state index is 12.1. The van der Waals surface area contributed by atoms with Crippen molar-refractivity contribution in [1.29, 1.82) is 0 Å². The molecule has 20 heavy (non-hydrogen) atoms. The fourth-order valence-electron chi connectivity index (χ4n) is 1.88. The number of rotatable bonds is 7. The average Bonchev–Trinajstić information content (AvgIpc) is 2.34. The summed E-state index contributed by atoms with van der Waals surface area (Å²) in [5.74, 6) is 1.27. The van der Waals surface area contributed by atoms with Crippen LogP contribution in [-0.4, -0.2) is 23.4 Å². The van der Waals surface area contributed by atoms with Gasteiger partial charge in [-0.3, -0.25) is 4.79 Å². The molecular formula is C16H24BrNO2. The predicted octanol–water partition coefficient (Wildman–Crippen LogP) is 4.01. The van der Waals surface area contributed by atoms with Gasteiger partial charge in [0.2, 0.25) is 0 Å². The van der Waals surface area contributed by atoms with Crippen LogP contribution in [0.15, 0.2) is 24.3 Å². The Balaban J connectivity index is 2.55. The smallest absolute Gasteiger partial charge is 0.251 e. The van der Waals surface area contributed by atoms with Crippen LogP contribution in [0, 0.1) is 5.92 Å². The second-order valence-electron chi connectivity index (χ2n) is 5.63. The van der Waals surface area contributed by atoms with Crippen molar-refractivity contribution >= 4 is 21.8 Å². The van der Waals surface area contributed by atoms with Crippen molar-refractivity contribution in [2.45, 2.75) is 45.0 Å². The van der Waals surface area contributed by atoms with Gasteiger partial charge < -0.3 is 10.1 Å². The third kappa shape index (κ3) is 6.42. The van der Waals surface area contributed by atoms with Crippen LogP contribution in [0.25, 0.3) is 0 Å². The number of hydrogen-bond acceptors (Lipinski definition) is 2. The quantitative estimate of drug-likeness (QED) is 0.761. The SMILES string of the molecule is CC(C)CC(Br)CNC(=O)c1cccc(OC(C)C)c1. The molecular weight excluding hydrogens is 318 g/mol. The summed E-state index contributed by atoms with van der Waals surface area (Å²) in [5, 5.41) is 2.94. The number of carbonyl (C=O) groups is 1. The van der Waals surface area contributed by atoms with Crippen molar-refractivity contribution in [2.24, 2.45) is 5.92 Å². The minimum atomic E-state index is -0.0626. The van der Waals surface area contributed by atoms with E-state index in [0.717, 1.165) is 12.2 Å². The zero-order valence-corrected chi connectivity index (χ0v) is 14.2. The Morgan fingerprint density at radius 3 is 2.60 bits per heavy atom. The topological polar surface area (TPSA) is 38.3 Å². The maximum Gasteiger partial charge on any atom is 0.251 e. The standard InChI is InChI=1S/C16H24BrNO2/c1-11(2)8-14(17)10-18-16(19)13-6-5-7-15(9-13)20-12(3)4/h5-7,9,11-12,14H,8,10H2,1-4H3,(H,18,19). The summed E-state index contributed by atoms with van der Waals surface area (Å²) in [4.78, 5) is 12.4. The first-order valence-electron chi connectivity index (χ1n) is 7.07. The summed E-state index contributed by atoms with van der Waals surface area (Å²) in [6.45, 7) is 8.90. The van der Waals surface area contributed by atoms with Crippen LogP contribution in [-0.2, 0) is 0 Å². The van der Waals surface area contributed by atoms with Crippen molar-refractivity contribution in [3.63, 3.8) is 0 Å². The molecule has 0 saturated heterocycles. The number of ether oxygens (including phenoxy) is 1. The van der Waals surface area contributed by atoms with Gasteiger partial charge in [0.05, 0.1) is 6.10 Å². The Labute approximate surface area is 130 Å².